The Kier molecular flexibility index (Phi) is 6.26. The van der Waals surface area contributed by atoms with E-state index in [0.29, 0.717) is 32.4 Å². The van der Waals surface area contributed by atoms with Crippen LogP contribution < -0.4 is 5.32 Å². The molecule has 0 atom stereocenters. The molecule has 0 spiro atoms. The second kappa shape index (κ2) is 8.83. The summed E-state index contributed by atoms with van der Waals surface area (Å²) in [6.07, 6.45) is 4.81. The van der Waals surface area contributed by atoms with E-state index in [4.69, 9.17) is 0 Å². The van der Waals surface area contributed by atoms with Gasteiger partial charge in [0.15, 0.2) is 0 Å². The predicted octanol–water partition coefficient (Wildman–Crippen LogP) is 2.51. The van der Waals surface area contributed by atoms with E-state index in [1.807, 2.05) is 23.1 Å². The van der Waals surface area contributed by atoms with Gasteiger partial charge in [-0.25, -0.2) is 4.98 Å². The highest BCUT2D eigenvalue weighted by Gasteiger charge is 2.17. The average molecular weight is 356 g/mol. The van der Waals surface area contributed by atoms with Gasteiger partial charge in [0.2, 0.25) is 11.8 Å². The normalized spacial score (nSPS) is 15.3. The monoisotopic (exact) mass is 356 g/mol. The quantitative estimate of drug-likeness (QED) is 0.829. The Balaban J connectivity index is 1.47. The number of aromatic nitrogens is 2. The lowest BCUT2D eigenvalue weighted by atomic mass is 10.2. The Labute approximate surface area is 154 Å². The summed E-state index contributed by atoms with van der Waals surface area (Å²) in [5, 5.41) is 2.97. The molecule has 2 amide bonds. The Hall–Kier alpha value is -2.37. The molecule has 0 aliphatic carbocycles. The summed E-state index contributed by atoms with van der Waals surface area (Å²) in [7, 11) is 0. The molecule has 1 aromatic carbocycles. The predicted molar refractivity (Wildman–Crippen MR) is 102 cm³/mol. The zero-order valence-electron chi connectivity index (χ0n) is 15.5. The summed E-state index contributed by atoms with van der Waals surface area (Å²) < 4.78 is 2.19. The Morgan fingerprint density at radius 3 is 2.92 bits per heavy atom. The van der Waals surface area contributed by atoms with Gasteiger partial charge in [0.25, 0.3) is 0 Å². The molecule has 0 radical (unpaired) electrons. The first-order valence-corrected chi connectivity index (χ1v) is 9.67. The lowest BCUT2D eigenvalue weighted by molar-refractivity contribution is -0.131. The molecule has 1 saturated heterocycles. The minimum absolute atomic E-state index is 0.00112. The van der Waals surface area contributed by atoms with E-state index in [2.05, 4.69) is 27.9 Å². The molecule has 2 heterocycles. The van der Waals surface area contributed by atoms with Gasteiger partial charge < -0.3 is 14.8 Å². The molecule has 1 N–H and O–H groups in total. The van der Waals surface area contributed by atoms with Crippen LogP contribution in [0.2, 0.25) is 0 Å². The van der Waals surface area contributed by atoms with Gasteiger partial charge in [0.05, 0.1) is 11.0 Å². The maximum atomic E-state index is 12.1. The third kappa shape index (κ3) is 4.42. The fraction of sp³-hybridized carbons (Fsp3) is 0.550. The highest BCUT2D eigenvalue weighted by atomic mass is 16.2. The number of rotatable bonds is 7. The number of fused-ring (bicyclic) bond motifs is 1. The van der Waals surface area contributed by atoms with E-state index in [9.17, 15) is 9.59 Å². The van der Waals surface area contributed by atoms with Crippen LogP contribution in [0.25, 0.3) is 11.0 Å². The number of hydrogen-bond donors (Lipinski definition) is 1. The standard InChI is InChI=1S/C20H28N4O2/c1-2-24-17-9-6-5-8-16(17)22-18(24)11-13-21-19(25)12-15-23-14-7-3-4-10-20(23)26/h5-6,8-9H,2-4,7,10-15H2,1H3,(H,21,25). The van der Waals surface area contributed by atoms with Crippen molar-refractivity contribution in [3.05, 3.63) is 30.1 Å². The first-order valence-electron chi connectivity index (χ1n) is 9.67. The van der Waals surface area contributed by atoms with Crippen LogP contribution in [0.1, 0.15) is 44.9 Å². The van der Waals surface area contributed by atoms with Crippen molar-refractivity contribution in [1.29, 1.82) is 0 Å². The number of likely N-dealkylation sites (tertiary alicyclic amines) is 1. The summed E-state index contributed by atoms with van der Waals surface area (Å²) in [5.74, 6) is 1.19. The van der Waals surface area contributed by atoms with Crippen molar-refractivity contribution in [2.75, 3.05) is 19.6 Å². The Bertz CT molecular complexity index is 768. The number of benzene rings is 1. The van der Waals surface area contributed by atoms with Crippen LogP contribution in [-0.2, 0) is 22.6 Å². The minimum Gasteiger partial charge on any atom is -0.356 e. The number of nitrogens with one attached hydrogen (secondary N) is 1. The number of carbonyl (C=O) groups is 2. The van der Waals surface area contributed by atoms with E-state index in [1.165, 1.54) is 0 Å². The number of aryl methyl sites for hydroxylation is 1. The number of carbonyl (C=O) groups excluding carboxylic acids is 2. The number of nitrogens with zero attached hydrogens (tertiary/aromatic N) is 3. The van der Waals surface area contributed by atoms with E-state index in [-0.39, 0.29) is 11.8 Å². The first-order chi connectivity index (χ1) is 12.7. The van der Waals surface area contributed by atoms with Gasteiger partial charge in [-0.15, -0.1) is 0 Å². The van der Waals surface area contributed by atoms with Crippen molar-refractivity contribution < 1.29 is 9.59 Å². The lowest BCUT2D eigenvalue weighted by Crippen LogP contribution is -2.35. The topological polar surface area (TPSA) is 67.2 Å². The second-order valence-corrected chi connectivity index (χ2v) is 6.80. The molecule has 0 saturated carbocycles. The van der Waals surface area contributed by atoms with Gasteiger partial charge >= 0.3 is 0 Å². The second-order valence-electron chi connectivity index (χ2n) is 6.80. The van der Waals surface area contributed by atoms with Crippen LogP contribution in [0.3, 0.4) is 0 Å². The van der Waals surface area contributed by atoms with E-state index in [1.54, 1.807) is 0 Å². The highest BCUT2D eigenvalue weighted by molar-refractivity contribution is 5.79. The summed E-state index contributed by atoms with van der Waals surface area (Å²) >= 11 is 0. The number of para-hydroxylation sites is 2. The zero-order chi connectivity index (χ0) is 18.4. The molecule has 2 aromatic rings. The van der Waals surface area contributed by atoms with Crippen molar-refractivity contribution in [3.63, 3.8) is 0 Å². The third-order valence-electron chi connectivity index (χ3n) is 5.00. The summed E-state index contributed by atoms with van der Waals surface area (Å²) in [6.45, 7) is 4.84. The Morgan fingerprint density at radius 2 is 2.08 bits per heavy atom. The molecule has 3 rings (SSSR count). The maximum absolute atomic E-state index is 12.1. The first kappa shape index (κ1) is 18.4. The zero-order valence-corrected chi connectivity index (χ0v) is 15.5. The number of amides is 2. The molecular formula is C20H28N4O2. The summed E-state index contributed by atoms with van der Waals surface area (Å²) in [4.78, 5) is 30.6. The van der Waals surface area contributed by atoms with Crippen molar-refractivity contribution in [1.82, 2.24) is 19.8 Å². The van der Waals surface area contributed by atoms with E-state index < -0.39 is 0 Å². The van der Waals surface area contributed by atoms with Gasteiger partial charge in [0, 0.05) is 45.4 Å². The molecular weight excluding hydrogens is 328 g/mol. The maximum Gasteiger partial charge on any atom is 0.222 e. The van der Waals surface area contributed by atoms with Gasteiger partial charge in [-0.1, -0.05) is 18.6 Å². The lowest BCUT2D eigenvalue weighted by Gasteiger charge is -2.20. The van der Waals surface area contributed by atoms with Crippen LogP contribution in [-0.4, -0.2) is 45.9 Å². The fourth-order valence-electron chi connectivity index (χ4n) is 3.58. The average Bonchev–Trinajstić information content (AvgIpc) is 2.87. The molecule has 1 aromatic heterocycles. The van der Waals surface area contributed by atoms with Crippen molar-refractivity contribution in [3.8, 4) is 0 Å². The van der Waals surface area contributed by atoms with Crippen LogP contribution in [0.5, 0.6) is 0 Å². The molecule has 1 aliphatic heterocycles. The summed E-state index contributed by atoms with van der Waals surface area (Å²) in [5.41, 5.74) is 2.13. The van der Waals surface area contributed by atoms with Crippen LogP contribution in [0.15, 0.2) is 24.3 Å². The van der Waals surface area contributed by atoms with Crippen molar-refractivity contribution >= 4 is 22.8 Å². The fourth-order valence-corrected chi connectivity index (χ4v) is 3.58. The molecule has 6 nitrogen and oxygen atoms in total. The molecule has 0 bridgehead atoms. The van der Waals surface area contributed by atoms with Gasteiger partial charge in [0.1, 0.15) is 5.82 Å². The third-order valence-corrected chi connectivity index (χ3v) is 5.00. The minimum atomic E-state index is 0.00112. The number of imidazole rings is 1. The number of hydrogen-bond acceptors (Lipinski definition) is 3. The van der Waals surface area contributed by atoms with E-state index >= 15 is 0 Å². The van der Waals surface area contributed by atoms with Gasteiger partial charge in [-0.05, 0) is 31.9 Å². The van der Waals surface area contributed by atoms with Crippen LogP contribution in [0.4, 0.5) is 0 Å². The van der Waals surface area contributed by atoms with E-state index in [0.717, 1.165) is 49.2 Å². The molecule has 1 fully saturated rings. The van der Waals surface area contributed by atoms with Crippen molar-refractivity contribution in [2.45, 2.75) is 52.0 Å². The van der Waals surface area contributed by atoms with Crippen LogP contribution in [0, 0.1) is 0 Å². The molecule has 0 unspecified atom stereocenters. The van der Waals surface area contributed by atoms with Crippen molar-refractivity contribution in [2.24, 2.45) is 0 Å². The summed E-state index contributed by atoms with van der Waals surface area (Å²) in [6, 6.07) is 8.10. The molecule has 140 valence electrons. The van der Waals surface area contributed by atoms with Gasteiger partial charge in [-0.3, -0.25) is 9.59 Å². The molecule has 6 heteroatoms. The largest absolute Gasteiger partial charge is 0.356 e. The molecule has 26 heavy (non-hydrogen) atoms. The molecule has 1 aliphatic rings. The Morgan fingerprint density at radius 1 is 1.23 bits per heavy atom. The van der Waals surface area contributed by atoms with Crippen LogP contribution >= 0.6 is 0 Å². The highest BCUT2D eigenvalue weighted by Crippen LogP contribution is 2.16. The SMILES string of the molecule is CCn1c(CCNC(=O)CCN2CCCCCC2=O)nc2ccccc21. The smallest absolute Gasteiger partial charge is 0.222 e. The van der Waals surface area contributed by atoms with Gasteiger partial charge in [-0.2, -0.15) is 0 Å².